The molecule has 114 valence electrons. The van der Waals surface area contributed by atoms with Crippen LogP contribution in [0.5, 0.6) is 5.75 Å². The number of hydrogen-bond acceptors (Lipinski definition) is 2. The fourth-order valence-electron chi connectivity index (χ4n) is 3.08. The Morgan fingerprint density at radius 3 is 2.83 bits per heavy atom. The van der Waals surface area contributed by atoms with Crippen LogP contribution in [0.25, 0.3) is 22.6 Å². The summed E-state index contributed by atoms with van der Waals surface area (Å²) >= 11 is 0. The molecule has 1 aromatic heterocycles. The quantitative estimate of drug-likeness (QED) is 0.734. The third-order valence-electron chi connectivity index (χ3n) is 4.24. The minimum atomic E-state index is -0.0638. The third-order valence-corrected chi connectivity index (χ3v) is 4.24. The van der Waals surface area contributed by atoms with Crippen molar-refractivity contribution >= 4 is 34.1 Å². The first kappa shape index (κ1) is 13.6. The first-order chi connectivity index (χ1) is 11.2. The smallest absolute Gasteiger partial charge is 0.256 e. The van der Waals surface area contributed by atoms with Gasteiger partial charge in [-0.15, -0.1) is 0 Å². The van der Waals surface area contributed by atoms with E-state index in [1.807, 2.05) is 61.8 Å². The van der Waals surface area contributed by atoms with Crippen LogP contribution in [0.3, 0.4) is 0 Å². The van der Waals surface area contributed by atoms with Crippen LogP contribution in [-0.4, -0.2) is 17.6 Å². The van der Waals surface area contributed by atoms with Gasteiger partial charge in [-0.3, -0.25) is 4.79 Å². The maximum absolute atomic E-state index is 12.3. The lowest BCUT2D eigenvalue weighted by Gasteiger charge is -2.01. The summed E-state index contributed by atoms with van der Waals surface area (Å²) in [5.74, 6) is 0.741. The second-order valence-electron chi connectivity index (χ2n) is 5.64. The van der Waals surface area contributed by atoms with E-state index < -0.39 is 0 Å². The van der Waals surface area contributed by atoms with Crippen molar-refractivity contribution in [2.45, 2.75) is 0 Å². The molecule has 2 heterocycles. The van der Waals surface area contributed by atoms with Crippen molar-refractivity contribution in [3.05, 3.63) is 59.8 Å². The number of aryl methyl sites for hydroxylation is 1. The van der Waals surface area contributed by atoms with Gasteiger partial charge in [-0.05, 0) is 30.3 Å². The Labute approximate surface area is 134 Å². The molecular formula is C19H16N2O2. The number of nitrogens with zero attached hydrogens (tertiary/aromatic N) is 1. The fourth-order valence-corrected chi connectivity index (χ4v) is 3.08. The maximum Gasteiger partial charge on any atom is 0.256 e. The Balaban J connectivity index is 1.92. The van der Waals surface area contributed by atoms with E-state index in [9.17, 15) is 4.79 Å². The van der Waals surface area contributed by atoms with E-state index in [4.69, 9.17) is 4.74 Å². The summed E-state index contributed by atoms with van der Waals surface area (Å²) < 4.78 is 7.38. The van der Waals surface area contributed by atoms with Crippen molar-refractivity contribution in [1.29, 1.82) is 0 Å². The molecule has 0 radical (unpaired) electrons. The number of amides is 1. The number of fused-ring (bicyclic) bond motifs is 2. The van der Waals surface area contributed by atoms with E-state index in [-0.39, 0.29) is 5.91 Å². The number of benzene rings is 2. The average molecular weight is 304 g/mol. The molecule has 0 atom stereocenters. The number of hydrogen-bond donors (Lipinski definition) is 1. The van der Waals surface area contributed by atoms with E-state index in [2.05, 4.69) is 9.88 Å². The predicted molar refractivity (Wildman–Crippen MR) is 92.4 cm³/mol. The zero-order chi connectivity index (χ0) is 16.0. The molecule has 0 aliphatic carbocycles. The third kappa shape index (κ3) is 2.11. The molecule has 1 N–H and O–H groups in total. The Morgan fingerprint density at radius 2 is 2.00 bits per heavy atom. The normalized spacial score (nSPS) is 15.0. The molecule has 3 aromatic rings. The standard InChI is InChI=1S/C19H16N2O2/c1-21-11-12(15-10-13(23-2)7-8-18(15)21)9-16-14-5-3-4-6-17(14)20-19(16)22/h3-11H,1-2H3,(H,20,22)/b16-9+. The van der Waals surface area contributed by atoms with Crippen molar-refractivity contribution in [1.82, 2.24) is 4.57 Å². The SMILES string of the molecule is COc1ccc2c(c1)c(/C=C1/C(=O)Nc3ccccc31)cn2C. The highest BCUT2D eigenvalue weighted by atomic mass is 16.5. The van der Waals surface area contributed by atoms with Crippen molar-refractivity contribution in [2.75, 3.05) is 12.4 Å². The van der Waals surface area contributed by atoms with Crippen LogP contribution in [0.1, 0.15) is 11.1 Å². The second-order valence-corrected chi connectivity index (χ2v) is 5.64. The number of rotatable bonds is 2. The average Bonchev–Trinajstić information content (AvgIpc) is 3.05. The van der Waals surface area contributed by atoms with E-state index in [0.717, 1.165) is 33.5 Å². The number of nitrogens with one attached hydrogen (secondary N) is 1. The molecule has 0 fully saturated rings. The number of aromatic nitrogens is 1. The Kier molecular flexibility index (Phi) is 2.98. The number of para-hydroxylation sites is 1. The van der Waals surface area contributed by atoms with E-state index in [1.54, 1.807) is 7.11 Å². The topological polar surface area (TPSA) is 43.3 Å². The number of carbonyl (C=O) groups excluding carboxylic acids is 1. The highest BCUT2D eigenvalue weighted by molar-refractivity contribution is 6.35. The molecule has 1 aliphatic heterocycles. The Morgan fingerprint density at radius 1 is 1.17 bits per heavy atom. The van der Waals surface area contributed by atoms with Gasteiger partial charge >= 0.3 is 0 Å². The minimum Gasteiger partial charge on any atom is -0.497 e. The lowest BCUT2D eigenvalue weighted by molar-refractivity contribution is -0.110. The van der Waals surface area contributed by atoms with E-state index in [0.29, 0.717) is 5.57 Å². The largest absolute Gasteiger partial charge is 0.497 e. The molecule has 4 rings (SSSR count). The van der Waals surface area contributed by atoms with Crippen molar-refractivity contribution in [2.24, 2.45) is 7.05 Å². The molecule has 0 spiro atoms. The van der Waals surface area contributed by atoms with Crippen LogP contribution in [0.15, 0.2) is 48.7 Å². The van der Waals surface area contributed by atoms with Crippen LogP contribution in [-0.2, 0) is 11.8 Å². The van der Waals surface area contributed by atoms with Gasteiger partial charge in [0.05, 0.1) is 7.11 Å². The lowest BCUT2D eigenvalue weighted by Crippen LogP contribution is -2.03. The van der Waals surface area contributed by atoms with Crippen LogP contribution >= 0.6 is 0 Å². The highest BCUT2D eigenvalue weighted by Gasteiger charge is 2.23. The van der Waals surface area contributed by atoms with Crippen LogP contribution < -0.4 is 10.1 Å². The molecule has 2 aromatic carbocycles. The van der Waals surface area contributed by atoms with Crippen LogP contribution in [0.2, 0.25) is 0 Å². The van der Waals surface area contributed by atoms with Crippen LogP contribution in [0.4, 0.5) is 5.69 Å². The summed E-state index contributed by atoms with van der Waals surface area (Å²) in [5.41, 5.74) is 4.60. The van der Waals surface area contributed by atoms with Gasteiger partial charge in [-0.2, -0.15) is 0 Å². The van der Waals surface area contributed by atoms with Crippen molar-refractivity contribution < 1.29 is 9.53 Å². The van der Waals surface area contributed by atoms with Gasteiger partial charge < -0.3 is 14.6 Å². The molecule has 0 unspecified atom stereocenters. The minimum absolute atomic E-state index is 0.0638. The molecular weight excluding hydrogens is 288 g/mol. The van der Waals surface area contributed by atoms with Gasteiger partial charge in [0.2, 0.25) is 0 Å². The first-order valence-corrected chi connectivity index (χ1v) is 7.43. The number of anilines is 1. The summed E-state index contributed by atoms with van der Waals surface area (Å²) in [6, 6.07) is 13.7. The monoisotopic (exact) mass is 304 g/mol. The summed E-state index contributed by atoms with van der Waals surface area (Å²) in [5, 5.41) is 3.97. The molecule has 4 heteroatoms. The van der Waals surface area contributed by atoms with Gasteiger partial charge in [0.15, 0.2) is 0 Å². The summed E-state index contributed by atoms with van der Waals surface area (Å²) in [7, 11) is 3.66. The zero-order valence-electron chi connectivity index (χ0n) is 13.0. The second kappa shape index (κ2) is 5.02. The zero-order valence-corrected chi connectivity index (χ0v) is 13.0. The fraction of sp³-hybridized carbons (Fsp3) is 0.105. The highest BCUT2D eigenvalue weighted by Crippen LogP contribution is 2.34. The van der Waals surface area contributed by atoms with Gasteiger partial charge in [-0.25, -0.2) is 0 Å². The molecule has 0 saturated heterocycles. The summed E-state index contributed by atoms with van der Waals surface area (Å²) in [6.07, 6.45) is 3.98. The van der Waals surface area contributed by atoms with Gasteiger partial charge in [-0.1, -0.05) is 18.2 Å². The Hall–Kier alpha value is -3.01. The number of ether oxygens (including phenoxy) is 1. The molecule has 0 bridgehead atoms. The molecule has 4 nitrogen and oxygen atoms in total. The van der Waals surface area contributed by atoms with E-state index in [1.165, 1.54) is 0 Å². The molecule has 1 aliphatic rings. The summed E-state index contributed by atoms with van der Waals surface area (Å²) in [6.45, 7) is 0. The molecule has 23 heavy (non-hydrogen) atoms. The van der Waals surface area contributed by atoms with Gasteiger partial charge in [0.25, 0.3) is 5.91 Å². The van der Waals surface area contributed by atoms with Gasteiger partial charge in [0.1, 0.15) is 5.75 Å². The molecule has 1 amide bonds. The van der Waals surface area contributed by atoms with Crippen molar-refractivity contribution in [3.8, 4) is 5.75 Å². The number of methoxy groups -OCH3 is 1. The number of carbonyl (C=O) groups is 1. The van der Waals surface area contributed by atoms with Gasteiger partial charge in [0, 0.05) is 46.5 Å². The van der Waals surface area contributed by atoms with Crippen molar-refractivity contribution in [3.63, 3.8) is 0 Å². The predicted octanol–water partition coefficient (Wildman–Crippen LogP) is 3.68. The van der Waals surface area contributed by atoms with Crippen LogP contribution in [0, 0.1) is 0 Å². The first-order valence-electron chi connectivity index (χ1n) is 7.43. The lowest BCUT2D eigenvalue weighted by atomic mass is 10.0. The Bertz CT molecular complexity index is 967. The molecule has 0 saturated carbocycles. The maximum atomic E-state index is 12.3. The van der Waals surface area contributed by atoms with E-state index >= 15 is 0 Å². The summed E-state index contributed by atoms with van der Waals surface area (Å²) in [4.78, 5) is 12.3.